The summed E-state index contributed by atoms with van der Waals surface area (Å²) in [6, 6.07) is 2.18. The molecule has 74 valence electrons. The Morgan fingerprint density at radius 3 is 2.00 bits per heavy atom. The predicted molar refractivity (Wildman–Crippen MR) is 57.4 cm³/mol. The number of nitrogens with zero attached hydrogens (tertiary/aromatic N) is 1. The Bertz CT molecular complexity index is 144. The summed E-state index contributed by atoms with van der Waals surface area (Å²) in [7, 11) is 0. The van der Waals surface area contributed by atoms with Gasteiger partial charge in [0, 0.05) is 6.42 Å². The molecule has 0 aromatic rings. The van der Waals surface area contributed by atoms with Crippen molar-refractivity contribution in [3.05, 3.63) is 12.7 Å². The van der Waals surface area contributed by atoms with Crippen LogP contribution in [0.25, 0.3) is 0 Å². The van der Waals surface area contributed by atoms with Crippen molar-refractivity contribution in [3.8, 4) is 6.07 Å². The summed E-state index contributed by atoms with van der Waals surface area (Å²) in [4.78, 5) is 0. The highest BCUT2D eigenvalue weighted by Gasteiger charge is 1.90. The molecule has 0 fully saturated rings. The molecule has 0 aliphatic carbocycles. The van der Waals surface area contributed by atoms with Gasteiger partial charge in [-0.25, -0.2) is 0 Å². The second kappa shape index (κ2) is 11.2. The third kappa shape index (κ3) is 11.2. The van der Waals surface area contributed by atoms with Crippen molar-refractivity contribution < 1.29 is 0 Å². The van der Waals surface area contributed by atoms with Gasteiger partial charge in [0.15, 0.2) is 0 Å². The van der Waals surface area contributed by atoms with Crippen LogP contribution in [0.2, 0.25) is 0 Å². The molecule has 0 aliphatic heterocycles. The van der Waals surface area contributed by atoms with Crippen LogP contribution < -0.4 is 0 Å². The van der Waals surface area contributed by atoms with Gasteiger partial charge in [-0.2, -0.15) is 5.26 Å². The average Bonchev–Trinajstić information content (AvgIpc) is 2.16. The van der Waals surface area contributed by atoms with Gasteiger partial charge in [0.25, 0.3) is 0 Å². The molecule has 0 bridgehead atoms. The van der Waals surface area contributed by atoms with Gasteiger partial charge in [-0.05, 0) is 19.3 Å². The van der Waals surface area contributed by atoms with Gasteiger partial charge in [0.05, 0.1) is 6.07 Å². The lowest BCUT2D eigenvalue weighted by atomic mass is 10.1. The number of allylic oxidation sites excluding steroid dienone is 1. The van der Waals surface area contributed by atoms with Gasteiger partial charge in [-0.3, -0.25) is 0 Å². The minimum atomic E-state index is 0.733. The third-order valence-corrected chi connectivity index (χ3v) is 2.20. The molecule has 0 aliphatic rings. The second-order valence-corrected chi connectivity index (χ2v) is 3.46. The number of nitriles is 1. The van der Waals surface area contributed by atoms with E-state index in [1.807, 2.05) is 6.08 Å². The van der Waals surface area contributed by atoms with E-state index in [4.69, 9.17) is 5.26 Å². The average molecular weight is 179 g/mol. The van der Waals surface area contributed by atoms with Gasteiger partial charge in [0.2, 0.25) is 0 Å². The van der Waals surface area contributed by atoms with Crippen LogP contribution in [0, 0.1) is 11.3 Å². The van der Waals surface area contributed by atoms with E-state index in [2.05, 4.69) is 12.6 Å². The lowest BCUT2D eigenvalue weighted by molar-refractivity contribution is 0.585. The molecule has 0 spiro atoms. The van der Waals surface area contributed by atoms with E-state index in [9.17, 15) is 0 Å². The molecular formula is C12H21N. The van der Waals surface area contributed by atoms with Crippen molar-refractivity contribution in [2.24, 2.45) is 0 Å². The Morgan fingerprint density at radius 2 is 1.46 bits per heavy atom. The Hall–Kier alpha value is -0.770. The van der Waals surface area contributed by atoms with Gasteiger partial charge >= 0.3 is 0 Å². The summed E-state index contributed by atoms with van der Waals surface area (Å²) in [6.07, 6.45) is 12.8. The highest BCUT2D eigenvalue weighted by Crippen LogP contribution is 2.09. The van der Waals surface area contributed by atoms with E-state index < -0.39 is 0 Å². The number of hydrogen-bond acceptors (Lipinski definition) is 1. The smallest absolute Gasteiger partial charge is 0.0621 e. The summed E-state index contributed by atoms with van der Waals surface area (Å²) in [6.45, 7) is 3.70. The molecule has 0 rings (SSSR count). The summed E-state index contributed by atoms with van der Waals surface area (Å²) >= 11 is 0. The fourth-order valence-corrected chi connectivity index (χ4v) is 1.38. The molecule has 0 aromatic carbocycles. The fourth-order valence-electron chi connectivity index (χ4n) is 1.38. The Balaban J connectivity index is 2.84. The van der Waals surface area contributed by atoms with Crippen LogP contribution >= 0.6 is 0 Å². The van der Waals surface area contributed by atoms with Crippen LogP contribution in [0.1, 0.15) is 57.8 Å². The first kappa shape index (κ1) is 12.2. The van der Waals surface area contributed by atoms with Crippen molar-refractivity contribution in [3.63, 3.8) is 0 Å². The fraction of sp³-hybridized carbons (Fsp3) is 0.750. The Labute approximate surface area is 82.5 Å². The maximum Gasteiger partial charge on any atom is 0.0621 e. The van der Waals surface area contributed by atoms with E-state index in [-0.39, 0.29) is 0 Å². The van der Waals surface area contributed by atoms with E-state index in [1.54, 1.807) is 0 Å². The minimum Gasteiger partial charge on any atom is -0.198 e. The van der Waals surface area contributed by atoms with Crippen LogP contribution in [0.5, 0.6) is 0 Å². The quantitative estimate of drug-likeness (QED) is 0.384. The molecule has 1 heteroatoms. The standard InChI is InChI=1S/C12H21N/c1-2-3-4-5-6-7-8-9-10-11-12-13/h2H,1,3-11H2. The summed E-state index contributed by atoms with van der Waals surface area (Å²) < 4.78 is 0. The number of rotatable bonds is 9. The topological polar surface area (TPSA) is 23.8 Å². The minimum absolute atomic E-state index is 0.733. The van der Waals surface area contributed by atoms with Crippen LogP contribution in [-0.4, -0.2) is 0 Å². The van der Waals surface area contributed by atoms with E-state index >= 15 is 0 Å². The molecule has 0 heterocycles. The Morgan fingerprint density at radius 1 is 0.923 bits per heavy atom. The first-order chi connectivity index (χ1) is 6.41. The van der Waals surface area contributed by atoms with Crippen LogP contribution in [0.3, 0.4) is 0 Å². The van der Waals surface area contributed by atoms with E-state index in [0.717, 1.165) is 19.3 Å². The first-order valence-corrected chi connectivity index (χ1v) is 5.39. The molecule has 1 nitrogen and oxygen atoms in total. The lowest BCUT2D eigenvalue weighted by Gasteiger charge is -1.98. The Kier molecular flexibility index (Phi) is 10.6. The SMILES string of the molecule is C=CCCCCCCCCCC#N. The normalized spacial score (nSPS) is 9.46. The zero-order valence-corrected chi connectivity index (χ0v) is 8.60. The zero-order chi connectivity index (χ0) is 9.78. The van der Waals surface area contributed by atoms with E-state index in [0.29, 0.717) is 0 Å². The maximum absolute atomic E-state index is 8.31. The van der Waals surface area contributed by atoms with Gasteiger partial charge in [0.1, 0.15) is 0 Å². The summed E-state index contributed by atoms with van der Waals surface area (Å²) in [5.74, 6) is 0. The molecule has 0 saturated carbocycles. The summed E-state index contributed by atoms with van der Waals surface area (Å²) in [5.41, 5.74) is 0. The van der Waals surface area contributed by atoms with Crippen molar-refractivity contribution in [1.29, 1.82) is 5.26 Å². The van der Waals surface area contributed by atoms with Gasteiger partial charge in [-0.1, -0.05) is 38.2 Å². The maximum atomic E-state index is 8.31. The van der Waals surface area contributed by atoms with Crippen LogP contribution in [0.4, 0.5) is 0 Å². The van der Waals surface area contributed by atoms with Crippen LogP contribution in [-0.2, 0) is 0 Å². The zero-order valence-electron chi connectivity index (χ0n) is 8.60. The van der Waals surface area contributed by atoms with Crippen LogP contribution in [0.15, 0.2) is 12.7 Å². The monoisotopic (exact) mass is 179 g/mol. The van der Waals surface area contributed by atoms with Gasteiger partial charge < -0.3 is 0 Å². The molecule has 0 radical (unpaired) electrons. The molecule has 0 N–H and O–H groups in total. The molecular weight excluding hydrogens is 158 g/mol. The highest BCUT2D eigenvalue weighted by molar-refractivity contribution is 4.68. The van der Waals surface area contributed by atoms with Crippen molar-refractivity contribution >= 4 is 0 Å². The third-order valence-electron chi connectivity index (χ3n) is 2.20. The van der Waals surface area contributed by atoms with Crippen molar-refractivity contribution in [2.75, 3.05) is 0 Å². The van der Waals surface area contributed by atoms with Gasteiger partial charge in [-0.15, -0.1) is 6.58 Å². The van der Waals surface area contributed by atoms with Crippen molar-refractivity contribution in [2.45, 2.75) is 57.8 Å². The molecule has 0 atom stereocenters. The molecule has 0 saturated heterocycles. The largest absolute Gasteiger partial charge is 0.198 e. The summed E-state index contributed by atoms with van der Waals surface area (Å²) in [5, 5.41) is 8.31. The molecule has 0 unspecified atom stereocenters. The highest BCUT2D eigenvalue weighted by atomic mass is 14.2. The molecule has 13 heavy (non-hydrogen) atoms. The number of hydrogen-bond donors (Lipinski definition) is 0. The molecule has 0 amide bonds. The van der Waals surface area contributed by atoms with E-state index in [1.165, 1.54) is 38.5 Å². The lowest BCUT2D eigenvalue weighted by Crippen LogP contribution is -1.79. The molecule has 0 aromatic heterocycles. The predicted octanol–water partition coefficient (Wildman–Crippen LogP) is 4.21. The first-order valence-electron chi connectivity index (χ1n) is 5.39. The number of unbranched alkanes of at least 4 members (excludes halogenated alkanes) is 8. The van der Waals surface area contributed by atoms with Crippen molar-refractivity contribution in [1.82, 2.24) is 0 Å². The second-order valence-electron chi connectivity index (χ2n) is 3.46.